The Hall–Kier alpha value is -1.83. The van der Waals surface area contributed by atoms with E-state index in [0.717, 1.165) is 41.5 Å². The molecular formula is C20H20ClN3O2S2. The van der Waals surface area contributed by atoms with Crippen LogP contribution in [-0.2, 0) is 31.1 Å². The molecule has 146 valence electrons. The van der Waals surface area contributed by atoms with Crippen molar-refractivity contribution < 1.29 is 4.79 Å². The molecule has 0 fully saturated rings. The number of aromatic nitrogens is 2. The molecule has 0 radical (unpaired) electrons. The monoisotopic (exact) mass is 433 g/mol. The Morgan fingerprint density at radius 2 is 2.11 bits per heavy atom. The van der Waals surface area contributed by atoms with E-state index < -0.39 is 0 Å². The molecule has 0 saturated carbocycles. The minimum Gasteiger partial charge on any atom is -0.355 e. The second-order valence-electron chi connectivity index (χ2n) is 6.81. The number of fused-ring (bicyclic) bond motifs is 3. The van der Waals surface area contributed by atoms with Gasteiger partial charge in [-0.3, -0.25) is 14.2 Å². The van der Waals surface area contributed by atoms with E-state index in [1.54, 1.807) is 23.0 Å². The van der Waals surface area contributed by atoms with Gasteiger partial charge in [-0.05, 0) is 48.9 Å². The maximum absolute atomic E-state index is 12.8. The third-order valence-electron chi connectivity index (χ3n) is 4.89. The molecule has 28 heavy (non-hydrogen) atoms. The molecule has 0 spiro atoms. The van der Waals surface area contributed by atoms with Crippen LogP contribution in [0.1, 0.15) is 22.4 Å². The Kier molecular flexibility index (Phi) is 5.75. The highest BCUT2D eigenvalue weighted by atomic mass is 35.5. The Labute approximate surface area is 176 Å². The lowest BCUT2D eigenvalue weighted by atomic mass is 10.1. The number of halogens is 1. The van der Waals surface area contributed by atoms with Crippen molar-refractivity contribution in [3.05, 3.63) is 55.6 Å². The van der Waals surface area contributed by atoms with Crippen molar-refractivity contribution in [2.24, 2.45) is 7.05 Å². The van der Waals surface area contributed by atoms with Crippen LogP contribution in [-0.4, -0.2) is 27.8 Å². The topological polar surface area (TPSA) is 64.0 Å². The van der Waals surface area contributed by atoms with Crippen LogP contribution in [0, 0.1) is 0 Å². The van der Waals surface area contributed by atoms with Gasteiger partial charge in [0.2, 0.25) is 5.91 Å². The van der Waals surface area contributed by atoms with Crippen LogP contribution < -0.4 is 10.9 Å². The van der Waals surface area contributed by atoms with E-state index in [0.29, 0.717) is 16.7 Å². The van der Waals surface area contributed by atoms with Crippen LogP contribution in [0.3, 0.4) is 0 Å². The summed E-state index contributed by atoms with van der Waals surface area (Å²) >= 11 is 8.80. The van der Waals surface area contributed by atoms with E-state index in [9.17, 15) is 9.59 Å². The second kappa shape index (κ2) is 8.27. The maximum Gasteiger partial charge on any atom is 0.262 e. The number of thioether (sulfide) groups is 1. The van der Waals surface area contributed by atoms with Crippen molar-refractivity contribution in [1.29, 1.82) is 0 Å². The lowest BCUT2D eigenvalue weighted by Gasteiger charge is -2.08. The molecule has 3 aromatic rings. The second-order valence-corrected chi connectivity index (χ2v) is 9.27. The molecule has 2 heterocycles. The molecule has 4 rings (SSSR count). The molecular weight excluding hydrogens is 414 g/mol. The Morgan fingerprint density at radius 3 is 2.89 bits per heavy atom. The first-order valence-corrected chi connectivity index (χ1v) is 11.4. The number of thiophene rings is 1. The fourth-order valence-electron chi connectivity index (χ4n) is 3.41. The summed E-state index contributed by atoms with van der Waals surface area (Å²) in [6.07, 6.45) is 3.87. The number of hydrogen-bond acceptors (Lipinski definition) is 5. The number of benzene rings is 1. The van der Waals surface area contributed by atoms with Crippen molar-refractivity contribution in [2.45, 2.75) is 30.8 Å². The SMILES string of the molecule is Cn1c(SCC(=O)NCCc2ccc(Cl)cc2)nc2sc3c(c2c1=O)CCC3. The summed E-state index contributed by atoms with van der Waals surface area (Å²) in [6, 6.07) is 7.60. The van der Waals surface area contributed by atoms with Gasteiger partial charge in [-0.15, -0.1) is 11.3 Å². The summed E-state index contributed by atoms with van der Waals surface area (Å²) in [6.45, 7) is 0.560. The normalized spacial score (nSPS) is 13.1. The average molecular weight is 434 g/mol. The Balaban J connectivity index is 1.37. The van der Waals surface area contributed by atoms with Crippen LogP contribution in [0.15, 0.2) is 34.2 Å². The fourth-order valence-corrected chi connectivity index (χ4v) is 5.64. The van der Waals surface area contributed by atoms with Crippen molar-refractivity contribution in [1.82, 2.24) is 14.9 Å². The number of hydrogen-bond donors (Lipinski definition) is 1. The predicted octanol–water partition coefficient (Wildman–Crippen LogP) is 3.59. The van der Waals surface area contributed by atoms with Gasteiger partial charge in [0.1, 0.15) is 4.83 Å². The number of rotatable bonds is 6. The van der Waals surface area contributed by atoms with Crippen LogP contribution in [0.4, 0.5) is 0 Å². The third-order valence-corrected chi connectivity index (χ3v) is 7.35. The minimum absolute atomic E-state index is 0.00459. The first-order valence-electron chi connectivity index (χ1n) is 9.18. The number of amides is 1. The van der Waals surface area contributed by atoms with Gasteiger partial charge in [0.15, 0.2) is 5.16 Å². The number of nitrogens with zero attached hydrogens (tertiary/aromatic N) is 2. The zero-order valence-electron chi connectivity index (χ0n) is 15.5. The number of carbonyl (C=O) groups is 1. The highest BCUT2D eigenvalue weighted by molar-refractivity contribution is 7.99. The molecule has 1 N–H and O–H groups in total. The number of carbonyl (C=O) groups excluding carboxylic acids is 1. The van der Waals surface area contributed by atoms with Gasteiger partial charge in [0, 0.05) is 23.5 Å². The van der Waals surface area contributed by atoms with Crippen molar-refractivity contribution >= 4 is 50.8 Å². The first-order chi connectivity index (χ1) is 13.5. The van der Waals surface area contributed by atoms with Gasteiger partial charge in [-0.1, -0.05) is 35.5 Å². The van der Waals surface area contributed by atoms with E-state index >= 15 is 0 Å². The van der Waals surface area contributed by atoms with Gasteiger partial charge in [-0.2, -0.15) is 0 Å². The Bertz CT molecular complexity index is 1090. The van der Waals surface area contributed by atoms with Crippen LogP contribution >= 0.6 is 34.7 Å². The smallest absolute Gasteiger partial charge is 0.262 e. The lowest BCUT2D eigenvalue weighted by molar-refractivity contribution is -0.118. The predicted molar refractivity (Wildman–Crippen MR) is 116 cm³/mol. The fraction of sp³-hybridized carbons (Fsp3) is 0.350. The molecule has 0 aliphatic heterocycles. The Morgan fingerprint density at radius 1 is 1.32 bits per heavy atom. The van der Waals surface area contributed by atoms with E-state index in [-0.39, 0.29) is 17.2 Å². The zero-order valence-corrected chi connectivity index (χ0v) is 17.8. The van der Waals surface area contributed by atoms with Crippen molar-refractivity contribution in [3.63, 3.8) is 0 Å². The summed E-state index contributed by atoms with van der Waals surface area (Å²) in [4.78, 5) is 31.7. The quantitative estimate of drug-likeness (QED) is 0.476. The highest BCUT2D eigenvalue weighted by Crippen LogP contribution is 2.35. The largest absolute Gasteiger partial charge is 0.355 e. The van der Waals surface area contributed by atoms with Gasteiger partial charge < -0.3 is 5.32 Å². The molecule has 0 saturated heterocycles. The van der Waals surface area contributed by atoms with Crippen LogP contribution in [0.5, 0.6) is 0 Å². The molecule has 1 aliphatic carbocycles. The summed E-state index contributed by atoms with van der Waals surface area (Å²) in [7, 11) is 1.73. The van der Waals surface area contributed by atoms with E-state index in [1.165, 1.54) is 22.2 Å². The van der Waals surface area contributed by atoms with Gasteiger partial charge in [0.05, 0.1) is 11.1 Å². The van der Waals surface area contributed by atoms with E-state index in [1.807, 2.05) is 24.3 Å². The standard InChI is InChI=1S/C20H20ClN3O2S2/c1-24-19(26)17-14-3-2-4-15(14)28-18(17)23-20(24)27-11-16(25)22-10-9-12-5-7-13(21)8-6-12/h5-8H,2-4,9-11H2,1H3,(H,22,25). The molecule has 1 aliphatic rings. The average Bonchev–Trinajstić information content (AvgIpc) is 3.26. The first kappa shape index (κ1) is 19.5. The summed E-state index contributed by atoms with van der Waals surface area (Å²) in [5, 5.41) is 4.98. The summed E-state index contributed by atoms with van der Waals surface area (Å²) < 4.78 is 1.57. The molecule has 1 amide bonds. The molecule has 0 atom stereocenters. The molecule has 0 bridgehead atoms. The number of aryl methyl sites for hydroxylation is 2. The highest BCUT2D eigenvalue weighted by Gasteiger charge is 2.22. The third kappa shape index (κ3) is 3.97. The maximum atomic E-state index is 12.8. The minimum atomic E-state index is -0.0676. The molecule has 0 unspecified atom stereocenters. The van der Waals surface area contributed by atoms with Crippen LogP contribution in [0.25, 0.3) is 10.2 Å². The molecule has 5 nitrogen and oxygen atoms in total. The van der Waals surface area contributed by atoms with E-state index in [2.05, 4.69) is 10.3 Å². The molecule has 2 aromatic heterocycles. The van der Waals surface area contributed by atoms with Crippen molar-refractivity contribution in [3.8, 4) is 0 Å². The van der Waals surface area contributed by atoms with Gasteiger partial charge in [-0.25, -0.2) is 4.98 Å². The zero-order chi connectivity index (χ0) is 19.7. The van der Waals surface area contributed by atoms with Gasteiger partial charge in [0.25, 0.3) is 5.56 Å². The van der Waals surface area contributed by atoms with Gasteiger partial charge >= 0.3 is 0 Å². The van der Waals surface area contributed by atoms with Crippen LogP contribution in [0.2, 0.25) is 5.02 Å². The van der Waals surface area contributed by atoms with E-state index in [4.69, 9.17) is 11.6 Å². The lowest BCUT2D eigenvalue weighted by Crippen LogP contribution is -2.28. The summed E-state index contributed by atoms with van der Waals surface area (Å²) in [5.41, 5.74) is 2.30. The van der Waals surface area contributed by atoms with Crippen molar-refractivity contribution in [2.75, 3.05) is 12.3 Å². The molecule has 1 aromatic carbocycles. The summed E-state index contributed by atoms with van der Waals surface area (Å²) in [5.74, 6) is 0.166. The number of nitrogens with one attached hydrogen (secondary N) is 1. The molecule has 8 heteroatoms.